The second-order valence-electron chi connectivity index (χ2n) is 8.02. The second kappa shape index (κ2) is 10.4. The van der Waals surface area contributed by atoms with Crippen LogP contribution < -0.4 is 10.9 Å². The number of hydrogen-bond donors (Lipinski definition) is 1. The van der Waals surface area contributed by atoms with Gasteiger partial charge in [0.1, 0.15) is 5.00 Å². The van der Waals surface area contributed by atoms with Crippen LogP contribution in [0.5, 0.6) is 0 Å². The van der Waals surface area contributed by atoms with E-state index in [9.17, 15) is 14.4 Å². The van der Waals surface area contributed by atoms with Gasteiger partial charge < -0.3 is 10.1 Å². The third-order valence-electron chi connectivity index (χ3n) is 5.66. The molecule has 0 radical (unpaired) electrons. The maximum atomic E-state index is 13.5. The largest absolute Gasteiger partial charge is 0.461 e. The van der Waals surface area contributed by atoms with Crippen molar-refractivity contribution in [3.63, 3.8) is 0 Å². The van der Waals surface area contributed by atoms with E-state index >= 15 is 0 Å². The molecule has 7 nitrogen and oxygen atoms in total. The number of anilines is 1. The monoisotopic (exact) mass is 529 g/mol. The molecule has 2 aromatic heterocycles. The Morgan fingerprint density at radius 3 is 2.43 bits per heavy atom. The molecule has 0 saturated carbocycles. The van der Waals surface area contributed by atoms with E-state index in [1.165, 1.54) is 0 Å². The van der Waals surface area contributed by atoms with Gasteiger partial charge in [0.15, 0.2) is 5.69 Å². The van der Waals surface area contributed by atoms with E-state index in [4.69, 9.17) is 16.3 Å². The predicted molar refractivity (Wildman–Crippen MR) is 146 cm³/mol. The summed E-state index contributed by atoms with van der Waals surface area (Å²) in [6.07, 6.45) is 0. The molecule has 0 saturated heterocycles. The van der Waals surface area contributed by atoms with E-state index in [1.54, 1.807) is 48.7 Å². The Bertz CT molecular complexity index is 1680. The number of aromatic nitrogens is 2. The average Bonchev–Trinajstić information content (AvgIpc) is 3.33. The van der Waals surface area contributed by atoms with Crippen LogP contribution in [0, 0.1) is 0 Å². The lowest BCUT2D eigenvalue weighted by Gasteiger charge is -2.10. The average molecular weight is 530 g/mol. The Hall–Kier alpha value is -4.27. The molecule has 3 aromatic carbocycles. The van der Waals surface area contributed by atoms with Crippen LogP contribution in [0.2, 0.25) is 5.02 Å². The van der Waals surface area contributed by atoms with Crippen LogP contribution in [0.1, 0.15) is 27.8 Å². The highest BCUT2D eigenvalue weighted by Gasteiger charge is 2.23. The normalized spacial score (nSPS) is 10.9. The van der Waals surface area contributed by atoms with Crippen molar-refractivity contribution in [1.82, 2.24) is 9.78 Å². The van der Waals surface area contributed by atoms with Crippen LogP contribution in [0.3, 0.4) is 0 Å². The van der Waals surface area contributed by atoms with Crippen LogP contribution in [-0.2, 0) is 4.74 Å². The fourth-order valence-electron chi connectivity index (χ4n) is 3.89. The Morgan fingerprint density at radius 2 is 1.73 bits per heavy atom. The summed E-state index contributed by atoms with van der Waals surface area (Å²) in [5, 5.41) is 9.91. The van der Waals surface area contributed by atoms with Gasteiger partial charge in [0.25, 0.3) is 11.5 Å². The lowest BCUT2D eigenvalue weighted by atomic mass is 10.0. The summed E-state index contributed by atoms with van der Waals surface area (Å²) in [6.45, 7) is 1.83. The van der Waals surface area contributed by atoms with Gasteiger partial charge in [0.05, 0.1) is 17.7 Å². The van der Waals surface area contributed by atoms with Crippen molar-refractivity contribution in [3.05, 3.63) is 111 Å². The van der Waals surface area contributed by atoms with E-state index in [2.05, 4.69) is 10.4 Å². The highest BCUT2D eigenvalue weighted by Crippen LogP contribution is 2.31. The summed E-state index contributed by atoms with van der Waals surface area (Å²) in [5.41, 5.74) is 2.30. The number of carbonyl (C=O) groups is 2. The number of nitrogens with zero attached hydrogens (tertiary/aromatic N) is 2. The number of esters is 1. The number of halogens is 1. The summed E-state index contributed by atoms with van der Waals surface area (Å²) >= 11 is 7.26. The van der Waals surface area contributed by atoms with Gasteiger partial charge >= 0.3 is 5.97 Å². The van der Waals surface area contributed by atoms with Gasteiger partial charge in [-0.3, -0.25) is 9.59 Å². The second-order valence-corrected chi connectivity index (χ2v) is 9.33. The van der Waals surface area contributed by atoms with E-state index < -0.39 is 11.5 Å². The van der Waals surface area contributed by atoms with Crippen LogP contribution >= 0.6 is 22.9 Å². The zero-order chi connectivity index (χ0) is 25.9. The van der Waals surface area contributed by atoms with Crippen molar-refractivity contribution < 1.29 is 14.3 Å². The minimum Gasteiger partial charge on any atom is -0.461 e. The lowest BCUT2D eigenvalue weighted by Crippen LogP contribution is -2.25. The summed E-state index contributed by atoms with van der Waals surface area (Å²) in [7, 11) is 0. The molecule has 0 spiro atoms. The first-order valence-electron chi connectivity index (χ1n) is 11.4. The molecule has 1 N–H and O–H groups in total. The quantitative estimate of drug-likeness (QED) is 0.265. The summed E-state index contributed by atoms with van der Waals surface area (Å²) in [5.74, 6) is -1.05. The first kappa shape index (κ1) is 24.4. The van der Waals surface area contributed by atoms with Crippen molar-refractivity contribution in [2.75, 3.05) is 11.9 Å². The number of carbonyl (C=O) groups excluding carboxylic acids is 2. The summed E-state index contributed by atoms with van der Waals surface area (Å²) < 4.78 is 6.27. The Balaban J connectivity index is 1.55. The van der Waals surface area contributed by atoms with Crippen molar-refractivity contribution in [2.24, 2.45) is 0 Å². The summed E-state index contributed by atoms with van der Waals surface area (Å²) in [4.78, 5) is 39.3. The lowest BCUT2D eigenvalue weighted by molar-refractivity contribution is 0.0520. The minimum atomic E-state index is -0.671. The SMILES string of the molecule is CCOC(=O)c1nn(-c2cccc(Cl)c2)c(=O)c2c(NC(=O)c3ccc(-c4ccccc4)cc3)scc12. The van der Waals surface area contributed by atoms with Gasteiger partial charge in [-0.1, -0.05) is 60.1 Å². The van der Waals surface area contributed by atoms with Crippen molar-refractivity contribution >= 4 is 50.6 Å². The predicted octanol–water partition coefficient (Wildman–Crippen LogP) is 6.20. The molecular formula is C28H20ClN3O4S. The molecule has 0 atom stereocenters. The van der Waals surface area contributed by atoms with Gasteiger partial charge in [-0.05, 0) is 48.4 Å². The van der Waals surface area contributed by atoms with Gasteiger partial charge in [0.2, 0.25) is 0 Å². The number of ether oxygens (including phenoxy) is 1. The third-order valence-corrected chi connectivity index (χ3v) is 6.79. The molecule has 2 heterocycles. The fourth-order valence-corrected chi connectivity index (χ4v) is 5.01. The molecule has 0 bridgehead atoms. The molecular weight excluding hydrogens is 510 g/mol. The van der Waals surface area contributed by atoms with Crippen LogP contribution in [0.15, 0.2) is 89.0 Å². The standard InChI is InChI=1S/C28H20ClN3O4S/c1-2-36-28(35)24-22-16-37-26(23(22)27(34)32(31-24)21-10-6-9-20(29)15-21)30-25(33)19-13-11-18(12-14-19)17-7-4-3-5-8-17/h3-16H,2H2,1H3,(H,30,33). The van der Waals surface area contributed by atoms with Crippen LogP contribution in [0.4, 0.5) is 5.00 Å². The Labute approximate surface area is 220 Å². The molecule has 5 aromatic rings. The van der Waals surface area contributed by atoms with Crippen molar-refractivity contribution in [3.8, 4) is 16.8 Å². The molecule has 0 aliphatic rings. The third kappa shape index (κ3) is 4.89. The maximum absolute atomic E-state index is 13.5. The maximum Gasteiger partial charge on any atom is 0.359 e. The van der Waals surface area contributed by atoms with Crippen LogP contribution in [-0.4, -0.2) is 28.3 Å². The highest BCUT2D eigenvalue weighted by atomic mass is 35.5. The van der Waals surface area contributed by atoms with Gasteiger partial charge in [0, 0.05) is 21.4 Å². The molecule has 0 unspecified atom stereocenters. The summed E-state index contributed by atoms with van der Waals surface area (Å²) in [6, 6.07) is 23.6. The van der Waals surface area contributed by atoms with Crippen molar-refractivity contribution in [2.45, 2.75) is 6.92 Å². The van der Waals surface area contributed by atoms with E-state index in [1.807, 2.05) is 42.5 Å². The molecule has 37 heavy (non-hydrogen) atoms. The topological polar surface area (TPSA) is 90.3 Å². The minimum absolute atomic E-state index is 0.0274. The zero-order valence-corrected chi connectivity index (χ0v) is 21.2. The number of rotatable bonds is 6. The number of amides is 1. The Morgan fingerprint density at radius 1 is 1.00 bits per heavy atom. The molecule has 1 amide bonds. The van der Waals surface area contributed by atoms with Crippen molar-refractivity contribution in [1.29, 1.82) is 0 Å². The molecule has 0 fully saturated rings. The smallest absolute Gasteiger partial charge is 0.359 e. The van der Waals surface area contributed by atoms with E-state index in [-0.39, 0.29) is 23.6 Å². The van der Waals surface area contributed by atoms with Crippen LogP contribution in [0.25, 0.3) is 27.6 Å². The van der Waals surface area contributed by atoms with Gasteiger partial charge in [-0.15, -0.1) is 11.3 Å². The number of thiophene rings is 1. The number of benzene rings is 3. The fraction of sp³-hybridized carbons (Fsp3) is 0.0714. The van der Waals surface area contributed by atoms with E-state index in [0.717, 1.165) is 27.1 Å². The zero-order valence-electron chi connectivity index (χ0n) is 19.6. The first-order chi connectivity index (χ1) is 18.0. The number of nitrogens with one attached hydrogen (secondary N) is 1. The molecule has 184 valence electrons. The molecule has 0 aliphatic carbocycles. The van der Waals surface area contributed by atoms with E-state index in [0.29, 0.717) is 26.7 Å². The number of fused-ring (bicyclic) bond motifs is 1. The molecule has 9 heteroatoms. The number of hydrogen-bond acceptors (Lipinski definition) is 6. The highest BCUT2D eigenvalue weighted by molar-refractivity contribution is 7.16. The molecule has 0 aliphatic heterocycles. The first-order valence-corrected chi connectivity index (χ1v) is 12.7. The Kier molecular flexibility index (Phi) is 6.85. The molecule has 5 rings (SSSR count). The van der Waals surface area contributed by atoms with Gasteiger partial charge in [-0.25, -0.2) is 4.79 Å². The van der Waals surface area contributed by atoms with Gasteiger partial charge in [-0.2, -0.15) is 9.78 Å².